The molecule has 0 bridgehead atoms. The van der Waals surface area contributed by atoms with Crippen LogP contribution in [0.4, 0.5) is 4.39 Å². The SMILES string of the molecule is CC(CO)(CO)[N-]S(=O)(=O)c1ccc(Br)c(F)c1. The van der Waals surface area contributed by atoms with Crippen LogP contribution in [0.15, 0.2) is 27.6 Å². The van der Waals surface area contributed by atoms with Crippen LogP contribution in [0.25, 0.3) is 4.72 Å². The Labute approximate surface area is 113 Å². The third kappa shape index (κ3) is 3.48. The van der Waals surface area contributed by atoms with Gasteiger partial charge >= 0.3 is 0 Å². The highest BCUT2D eigenvalue weighted by atomic mass is 79.9. The molecule has 0 unspecified atom stereocenters. The minimum atomic E-state index is -4.14. The Bertz CT molecular complexity index is 531. The topological polar surface area (TPSA) is 88.7 Å². The van der Waals surface area contributed by atoms with Crippen molar-refractivity contribution < 1.29 is 23.0 Å². The van der Waals surface area contributed by atoms with Crippen molar-refractivity contribution in [2.45, 2.75) is 17.4 Å². The molecule has 1 aromatic carbocycles. The third-order valence-corrected chi connectivity index (χ3v) is 4.38. The fraction of sp³-hybridized carbons (Fsp3) is 0.400. The Morgan fingerprint density at radius 1 is 1.39 bits per heavy atom. The maximum Gasteiger partial charge on any atom is 0.138 e. The fourth-order valence-corrected chi connectivity index (χ4v) is 2.63. The molecular formula is C10H12BrFNO4S-. The third-order valence-electron chi connectivity index (χ3n) is 2.21. The lowest BCUT2D eigenvalue weighted by molar-refractivity contribution is 0.156. The molecule has 0 radical (unpaired) electrons. The van der Waals surface area contributed by atoms with E-state index in [0.717, 1.165) is 6.07 Å². The molecule has 0 amide bonds. The zero-order valence-electron chi connectivity index (χ0n) is 9.47. The van der Waals surface area contributed by atoms with Gasteiger partial charge in [-0.05, 0) is 34.1 Å². The number of sulfonamides is 1. The Morgan fingerprint density at radius 2 is 1.94 bits per heavy atom. The van der Waals surface area contributed by atoms with Crippen LogP contribution in [0.3, 0.4) is 0 Å². The van der Waals surface area contributed by atoms with E-state index in [1.807, 2.05) is 0 Å². The first-order valence-electron chi connectivity index (χ1n) is 4.90. The fourth-order valence-electron chi connectivity index (χ4n) is 1.09. The van der Waals surface area contributed by atoms with Gasteiger partial charge in [-0.2, -0.15) is 0 Å². The van der Waals surface area contributed by atoms with Crippen LogP contribution in [0.1, 0.15) is 6.92 Å². The molecule has 5 nitrogen and oxygen atoms in total. The largest absolute Gasteiger partial charge is 0.536 e. The molecule has 0 aromatic heterocycles. The number of nitrogens with zero attached hydrogens (tertiary/aromatic N) is 1. The molecular weight excluding hydrogens is 329 g/mol. The van der Waals surface area contributed by atoms with Crippen LogP contribution in [-0.2, 0) is 10.0 Å². The van der Waals surface area contributed by atoms with E-state index < -0.39 is 34.6 Å². The first-order valence-corrected chi connectivity index (χ1v) is 7.13. The summed E-state index contributed by atoms with van der Waals surface area (Å²) >= 11 is 2.90. The molecule has 0 saturated heterocycles. The van der Waals surface area contributed by atoms with Crippen molar-refractivity contribution in [3.05, 3.63) is 33.2 Å². The summed E-state index contributed by atoms with van der Waals surface area (Å²) in [5.74, 6) is -0.735. The van der Waals surface area contributed by atoms with Crippen LogP contribution >= 0.6 is 15.9 Å². The molecule has 2 N–H and O–H groups in total. The Hall–Kier alpha value is -0.540. The van der Waals surface area contributed by atoms with E-state index in [0.29, 0.717) is 0 Å². The smallest absolute Gasteiger partial charge is 0.138 e. The monoisotopic (exact) mass is 340 g/mol. The van der Waals surface area contributed by atoms with Crippen molar-refractivity contribution >= 4 is 26.0 Å². The zero-order valence-corrected chi connectivity index (χ0v) is 11.9. The summed E-state index contributed by atoms with van der Waals surface area (Å²) in [6.07, 6.45) is 0. The molecule has 18 heavy (non-hydrogen) atoms. The maximum atomic E-state index is 13.3. The summed E-state index contributed by atoms with van der Waals surface area (Å²) in [7, 11) is -4.14. The number of aliphatic hydroxyl groups excluding tert-OH is 2. The van der Waals surface area contributed by atoms with Gasteiger partial charge in [0.2, 0.25) is 0 Å². The highest BCUT2D eigenvalue weighted by molar-refractivity contribution is 9.10. The van der Waals surface area contributed by atoms with Gasteiger partial charge in [0.1, 0.15) is 15.8 Å². The van der Waals surface area contributed by atoms with Crippen LogP contribution in [-0.4, -0.2) is 37.4 Å². The molecule has 1 rings (SSSR count). The minimum Gasteiger partial charge on any atom is -0.536 e. The van der Waals surface area contributed by atoms with Crippen molar-refractivity contribution in [3.63, 3.8) is 0 Å². The molecule has 0 heterocycles. The predicted molar refractivity (Wildman–Crippen MR) is 67.2 cm³/mol. The number of rotatable bonds is 5. The van der Waals surface area contributed by atoms with Crippen molar-refractivity contribution in [1.82, 2.24) is 0 Å². The second-order valence-electron chi connectivity index (χ2n) is 3.96. The van der Waals surface area contributed by atoms with Gasteiger partial charge in [-0.15, -0.1) is 0 Å². The zero-order chi connectivity index (χ0) is 14.0. The van der Waals surface area contributed by atoms with Gasteiger partial charge in [0.05, 0.1) is 9.37 Å². The molecule has 8 heteroatoms. The lowest BCUT2D eigenvalue weighted by Gasteiger charge is -2.39. The number of benzene rings is 1. The summed E-state index contributed by atoms with van der Waals surface area (Å²) in [5, 5.41) is 18.0. The van der Waals surface area contributed by atoms with Gasteiger partial charge in [0.15, 0.2) is 0 Å². The van der Waals surface area contributed by atoms with E-state index >= 15 is 0 Å². The van der Waals surface area contributed by atoms with Crippen molar-refractivity contribution in [2.24, 2.45) is 0 Å². The van der Waals surface area contributed by atoms with Gasteiger partial charge in [-0.25, -0.2) is 12.8 Å². The Kier molecular flexibility index (Phi) is 4.84. The van der Waals surface area contributed by atoms with E-state index in [2.05, 4.69) is 20.7 Å². The van der Waals surface area contributed by atoms with Gasteiger partial charge in [-0.1, -0.05) is 12.5 Å². The van der Waals surface area contributed by atoms with Crippen LogP contribution in [0, 0.1) is 5.82 Å². The van der Waals surface area contributed by atoms with Crippen LogP contribution < -0.4 is 0 Å². The van der Waals surface area contributed by atoms with Gasteiger partial charge in [0, 0.05) is 13.2 Å². The first kappa shape index (κ1) is 15.5. The van der Waals surface area contributed by atoms with E-state index in [1.165, 1.54) is 19.1 Å². The average Bonchev–Trinajstić information content (AvgIpc) is 2.32. The highest BCUT2D eigenvalue weighted by Gasteiger charge is 2.18. The molecule has 0 atom stereocenters. The second kappa shape index (κ2) is 5.62. The van der Waals surface area contributed by atoms with Gasteiger partial charge in [-0.3, -0.25) is 0 Å². The van der Waals surface area contributed by atoms with E-state index in [9.17, 15) is 12.8 Å². The number of aliphatic hydroxyl groups is 2. The van der Waals surface area contributed by atoms with Crippen molar-refractivity contribution in [2.75, 3.05) is 13.2 Å². The molecule has 0 aliphatic carbocycles. The van der Waals surface area contributed by atoms with Gasteiger partial charge in [0.25, 0.3) is 0 Å². The summed E-state index contributed by atoms with van der Waals surface area (Å²) in [6.45, 7) is 0.00322. The predicted octanol–water partition coefficient (Wildman–Crippen LogP) is 1.39. The number of halogens is 2. The quantitative estimate of drug-likeness (QED) is 0.847. The summed E-state index contributed by atoms with van der Waals surface area (Å²) < 4.78 is 40.5. The van der Waals surface area contributed by atoms with Crippen molar-refractivity contribution in [3.8, 4) is 0 Å². The molecule has 0 saturated carbocycles. The standard InChI is InChI=1S/C10H12BrFNO4S/c1-10(5-14,6-15)13-18(16,17)7-2-3-8(11)9(12)4-7/h2-4,14-15H,5-6H2,1H3/q-1. The summed E-state index contributed by atoms with van der Waals surface area (Å²) in [6, 6.07) is 3.24. The molecule has 102 valence electrons. The number of hydrogen-bond acceptors (Lipinski definition) is 4. The summed E-state index contributed by atoms with van der Waals surface area (Å²) in [5.41, 5.74) is -1.53. The number of hydrogen-bond donors (Lipinski definition) is 2. The van der Waals surface area contributed by atoms with E-state index in [-0.39, 0.29) is 9.37 Å². The molecule has 0 fully saturated rings. The van der Waals surface area contributed by atoms with Crippen LogP contribution in [0.2, 0.25) is 0 Å². The molecule has 0 aliphatic rings. The first-order chi connectivity index (χ1) is 8.24. The summed E-state index contributed by atoms with van der Waals surface area (Å²) in [4.78, 5) is -0.337. The Balaban J connectivity index is 3.10. The van der Waals surface area contributed by atoms with Gasteiger partial charge < -0.3 is 14.9 Å². The van der Waals surface area contributed by atoms with E-state index in [1.54, 1.807) is 0 Å². The van der Waals surface area contributed by atoms with Crippen molar-refractivity contribution in [1.29, 1.82) is 0 Å². The average molecular weight is 341 g/mol. The molecule has 1 aromatic rings. The minimum absolute atomic E-state index is 0.133. The molecule has 0 aliphatic heterocycles. The second-order valence-corrected chi connectivity index (χ2v) is 6.41. The molecule has 0 spiro atoms. The lowest BCUT2D eigenvalue weighted by atomic mass is 10.1. The van der Waals surface area contributed by atoms with Crippen LogP contribution in [0.5, 0.6) is 0 Å². The Morgan fingerprint density at radius 3 is 2.39 bits per heavy atom. The highest BCUT2D eigenvalue weighted by Crippen LogP contribution is 2.28. The lowest BCUT2D eigenvalue weighted by Crippen LogP contribution is -2.35. The van der Waals surface area contributed by atoms with E-state index in [4.69, 9.17) is 10.2 Å². The maximum absolute atomic E-state index is 13.3. The normalized spacial score (nSPS) is 12.7.